The maximum atomic E-state index is 11.7. The molecule has 0 heterocycles. The lowest BCUT2D eigenvalue weighted by Gasteiger charge is -2.09. The highest BCUT2D eigenvalue weighted by Crippen LogP contribution is 2.27. The number of carbonyl (C=O) groups is 1. The van der Waals surface area contributed by atoms with Crippen LogP contribution < -0.4 is 4.74 Å². The van der Waals surface area contributed by atoms with Gasteiger partial charge in [-0.3, -0.25) is 0 Å². The molecule has 0 spiro atoms. The summed E-state index contributed by atoms with van der Waals surface area (Å²) in [6, 6.07) is 9.72. The minimum Gasteiger partial charge on any atom is -0.494 e. The summed E-state index contributed by atoms with van der Waals surface area (Å²) < 4.78 is 10.7. The molecule has 0 saturated heterocycles. The molecule has 0 bridgehead atoms. The van der Waals surface area contributed by atoms with E-state index in [2.05, 4.69) is 6.07 Å². The number of nitriles is 1. The van der Waals surface area contributed by atoms with Gasteiger partial charge in [0, 0.05) is 18.4 Å². The van der Waals surface area contributed by atoms with E-state index in [1.165, 1.54) is 6.08 Å². The van der Waals surface area contributed by atoms with Crippen molar-refractivity contribution >= 4 is 12.0 Å². The van der Waals surface area contributed by atoms with Gasteiger partial charge >= 0.3 is 5.97 Å². The van der Waals surface area contributed by atoms with E-state index >= 15 is 0 Å². The topological polar surface area (TPSA) is 59.3 Å². The Balaban J connectivity index is 1.83. The summed E-state index contributed by atoms with van der Waals surface area (Å²) in [5.74, 6) is 0.482. The predicted octanol–water partition coefficient (Wildman–Crippen LogP) is 3.33. The van der Waals surface area contributed by atoms with Gasteiger partial charge in [0.25, 0.3) is 0 Å². The molecule has 1 aliphatic carbocycles. The lowest BCUT2D eigenvalue weighted by atomic mass is 10.1. The Hall–Kier alpha value is -2.28. The quantitative estimate of drug-likeness (QED) is 0.615. The normalized spacial score (nSPS) is 21.1. The van der Waals surface area contributed by atoms with Crippen LogP contribution in [-0.4, -0.2) is 18.7 Å². The van der Waals surface area contributed by atoms with E-state index in [0.29, 0.717) is 13.0 Å². The van der Waals surface area contributed by atoms with Gasteiger partial charge in [-0.2, -0.15) is 5.26 Å². The van der Waals surface area contributed by atoms with Crippen molar-refractivity contribution in [2.24, 2.45) is 5.92 Å². The molecule has 2 atom stereocenters. The molecule has 110 valence electrons. The molecular formula is C17H19NO3. The predicted molar refractivity (Wildman–Crippen MR) is 79.5 cm³/mol. The van der Waals surface area contributed by atoms with E-state index in [1.807, 2.05) is 31.2 Å². The maximum absolute atomic E-state index is 11.7. The highest BCUT2D eigenvalue weighted by molar-refractivity contribution is 5.87. The summed E-state index contributed by atoms with van der Waals surface area (Å²) in [7, 11) is 0. The monoisotopic (exact) mass is 285 g/mol. The van der Waals surface area contributed by atoms with E-state index in [1.54, 1.807) is 6.08 Å². The van der Waals surface area contributed by atoms with Crippen LogP contribution in [0.5, 0.6) is 5.75 Å². The van der Waals surface area contributed by atoms with Gasteiger partial charge < -0.3 is 9.47 Å². The van der Waals surface area contributed by atoms with Crippen LogP contribution in [0.15, 0.2) is 30.3 Å². The first kappa shape index (κ1) is 15.1. The minimum atomic E-state index is -0.354. The van der Waals surface area contributed by atoms with Crippen LogP contribution in [0.1, 0.15) is 31.7 Å². The number of hydrogen-bond acceptors (Lipinski definition) is 4. The Morgan fingerprint density at radius 2 is 2.14 bits per heavy atom. The van der Waals surface area contributed by atoms with Crippen LogP contribution in [0.2, 0.25) is 0 Å². The van der Waals surface area contributed by atoms with Gasteiger partial charge in [-0.1, -0.05) is 12.1 Å². The highest BCUT2D eigenvalue weighted by Gasteiger charge is 2.26. The molecule has 0 aliphatic heterocycles. The molecular weight excluding hydrogens is 266 g/mol. The van der Waals surface area contributed by atoms with Crippen LogP contribution in [0.4, 0.5) is 0 Å². The Bertz CT molecular complexity index is 542. The second kappa shape index (κ2) is 7.49. The van der Waals surface area contributed by atoms with Crippen molar-refractivity contribution in [2.45, 2.75) is 32.3 Å². The van der Waals surface area contributed by atoms with Crippen molar-refractivity contribution in [3.8, 4) is 11.8 Å². The number of ether oxygens (including phenoxy) is 2. The molecule has 0 radical (unpaired) electrons. The summed E-state index contributed by atoms with van der Waals surface area (Å²) in [4.78, 5) is 11.7. The molecule has 1 aromatic carbocycles. The third kappa shape index (κ3) is 4.64. The van der Waals surface area contributed by atoms with Gasteiger partial charge in [0.1, 0.15) is 11.9 Å². The van der Waals surface area contributed by atoms with Crippen molar-refractivity contribution in [3.05, 3.63) is 35.9 Å². The molecule has 0 aromatic heterocycles. The number of carbonyl (C=O) groups excluding carboxylic acids is 1. The van der Waals surface area contributed by atoms with Crippen LogP contribution in [0.3, 0.4) is 0 Å². The standard InChI is InChI=1S/C17H19NO3/c1-2-20-15-7-3-13(4-8-15)6-10-17(19)21-16-9-5-14(11-16)12-18/h3-4,6-8,10,14,16H,2,5,9,11H2,1H3/b10-6+. The summed E-state index contributed by atoms with van der Waals surface area (Å²) in [5, 5.41) is 8.82. The van der Waals surface area contributed by atoms with Crippen LogP contribution in [0.25, 0.3) is 6.08 Å². The smallest absolute Gasteiger partial charge is 0.331 e. The van der Waals surface area contributed by atoms with E-state index in [0.717, 1.165) is 24.2 Å². The van der Waals surface area contributed by atoms with Gasteiger partial charge in [0.2, 0.25) is 0 Å². The molecule has 0 N–H and O–H groups in total. The second-order valence-electron chi connectivity index (χ2n) is 5.03. The molecule has 1 aromatic rings. The molecule has 2 rings (SSSR count). The Labute approximate surface area is 125 Å². The van der Waals surface area contributed by atoms with Crippen molar-refractivity contribution in [1.29, 1.82) is 5.26 Å². The molecule has 21 heavy (non-hydrogen) atoms. The number of esters is 1. The molecule has 4 heteroatoms. The van der Waals surface area contributed by atoms with Crippen molar-refractivity contribution in [1.82, 2.24) is 0 Å². The lowest BCUT2D eigenvalue weighted by Crippen LogP contribution is -2.13. The zero-order chi connectivity index (χ0) is 15.1. The number of rotatable bonds is 5. The third-order valence-electron chi connectivity index (χ3n) is 3.45. The largest absolute Gasteiger partial charge is 0.494 e. The van der Waals surface area contributed by atoms with Gasteiger partial charge in [0.15, 0.2) is 0 Å². The van der Waals surface area contributed by atoms with Crippen molar-refractivity contribution in [2.75, 3.05) is 6.61 Å². The zero-order valence-corrected chi connectivity index (χ0v) is 12.1. The molecule has 0 amide bonds. The molecule has 2 unspecified atom stereocenters. The maximum Gasteiger partial charge on any atom is 0.331 e. The number of nitrogens with zero attached hydrogens (tertiary/aromatic N) is 1. The number of hydrogen-bond donors (Lipinski definition) is 0. The van der Waals surface area contributed by atoms with Gasteiger partial charge in [-0.25, -0.2) is 4.79 Å². The highest BCUT2D eigenvalue weighted by atomic mass is 16.5. The van der Waals surface area contributed by atoms with E-state index in [9.17, 15) is 4.79 Å². The van der Waals surface area contributed by atoms with E-state index < -0.39 is 0 Å². The zero-order valence-electron chi connectivity index (χ0n) is 12.1. The van der Waals surface area contributed by atoms with Crippen LogP contribution in [0, 0.1) is 17.2 Å². The molecule has 1 aliphatic rings. The van der Waals surface area contributed by atoms with Crippen LogP contribution in [-0.2, 0) is 9.53 Å². The average molecular weight is 285 g/mol. The first-order chi connectivity index (χ1) is 10.2. The number of benzene rings is 1. The van der Waals surface area contributed by atoms with Crippen LogP contribution >= 0.6 is 0 Å². The SMILES string of the molecule is CCOc1ccc(/C=C/C(=O)OC2CCC(C#N)C2)cc1. The Morgan fingerprint density at radius 1 is 1.38 bits per heavy atom. The van der Waals surface area contributed by atoms with E-state index in [4.69, 9.17) is 14.7 Å². The van der Waals surface area contributed by atoms with Crippen molar-refractivity contribution < 1.29 is 14.3 Å². The molecule has 1 saturated carbocycles. The summed E-state index contributed by atoms with van der Waals surface area (Å²) in [5.41, 5.74) is 0.914. The fourth-order valence-corrected chi connectivity index (χ4v) is 2.37. The minimum absolute atomic E-state index is 0.0258. The summed E-state index contributed by atoms with van der Waals surface area (Å²) >= 11 is 0. The summed E-state index contributed by atoms with van der Waals surface area (Å²) in [6.45, 7) is 2.57. The first-order valence-electron chi connectivity index (χ1n) is 7.22. The molecule has 1 fully saturated rings. The van der Waals surface area contributed by atoms with Gasteiger partial charge in [-0.05, 0) is 43.5 Å². The van der Waals surface area contributed by atoms with Gasteiger partial charge in [-0.15, -0.1) is 0 Å². The van der Waals surface area contributed by atoms with Gasteiger partial charge in [0.05, 0.1) is 12.7 Å². The molecule has 4 nitrogen and oxygen atoms in total. The van der Waals surface area contributed by atoms with Crippen molar-refractivity contribution in [3.63, 3.8) is 0 Å². The average Bonchev–Trinajstić information content (AvgIpc) is 2.94. The lowest BCUT2D eigenvalue weighted by molar-refractivity contribution is -0.142. The Kier molecular flexibility index (Phi) is 5.39. The van der Waals surface area contributed by atoms with E-state index in [-0.39, 0.29) is 18.0 Å². The Morgan fingerprint density at radius 3 is 2.76 bits per heavy atom. The second-order valence-corrected chi connectivity index (χ2v) is 5.03. The summed E-state index contributed by atoms with van der Waals surface area (Å²) in [6.07, 6.45) is 5.27. The fraction of sp³-hybridized carbons (Fsp3) is 0.412. The third-order valence-corrected chi connectivity index (χ3v) is 3.45. The fourth-order valence-electron chi connectivity index (χ4n) is 2.37. The first-order valence-corrected chi connectivity index (χ1v) is 7.22.